The van der Waals surface area contributed by atoms with Crippen molar-refractivity contribution in [2.75, 3.05) is 24.9 Å². The van der Waals surface area contributed by atoms with Gasteiger partial charge in [-0.3, -0.25) is 9.52 Å². The maximum Gasteiger partial charge on any atom is 0.261 e. The molecule has 0 radical (unpaired) electrons. The van der Waals surface area contributed by atoms with Gasteiger partial charge in [0.25, 0.3) is 15.9 Å². The Morgan fingerprint density at radius 1 is 1.21 bits per heavy atom. The second-order valence-corrected chi connectivity index (χ2v) is 9.16. The van der Waals surface area contributed by atoms with Crippen molar-refractivity contribution in [3.05, 3.63) is 53.6 Å². The molecule has 1 fully saturated rings. The summed E-state index contributed by atoms with van der Waals surface area (Å²) in [4.78, 5) is 15.0. The van der Waals surface area contributed by atoms with E-state index in [2.05, 4.69) is 11.6 Å². The Hall–Kier alpha value is -2.54. The third-order valence-corrected chi connectivity index (χ3v) is 6.85. The predicted octanol–water partition coefficient (Wildman–Crippen LogP) is 4.07. The smallest absolute Gasteiger partial charge is 0.261 e. The Labute approximate surface area is 172 Å². The first-order valence-corrected chi connectivity index (χ1v) is 11.4. The van der Waals surface area contributed by atoms with E-state index in [1.54, 1.807) is 37.4 Å². The first-order chi connectivity index (χ1) is 13.8. The van der Waals surface area contributed by atoms with Crippen molar-refractivity contribution in [3.8, 4) is 5.75 Å². The molecular formula is C22H28N2O4S. The number of carbonyl (C=O) groups is 1. The third kappa shape index (κ3) is 4.90. The number of methoxy groups -OCH3 is 1. The zero-order chi connectivity index (χ0) is 21.0. The molecule has 2 aromatic rings. The van der Waals surface area contributed by atoms with Gasteiger partial charge in [-0.25, -0.2) is 8.42 Å². The number of amides is 1. The lowest BCUT2D eigenvalue weighted by molar-refractivity contribution is 0.0670. The first-order valence-electron chi connectivity index (χ1n) is 9.91. The number of likely N-dealkylation sites (tertiary alicyclic amines) is 1. The zero-order valence-corrected chi connectivity index (χ0v) is 18.0. The molecule has 2 aromatic carbocycles. The number of carbonyl (C=O) groups excluding carboxylic acids is 1. The van der Waals surface area contributed by atoms with E-state index in [1.165, 1.54) is 12.1 Å². The highest BCUT2D eigenvalue weighted by Crippen LogP contribution is 2.25. The fraction of sp³-hybridized carbons (Fsp3) is 0.409. The van der Waals surface area contributed by atoms with Crippen molar-refractivity contribution in [2.45, 2.75) is 38.0 Å². The van der Waals surface area contributed by atoms with Crippen molar-refractivity contribution < 1.29 is 17.9 Å². The molecule has 1 aliphatic rings. The van der Waals surface area contributed by atoms with Gasteiger partial charge in [0, 0.05) is 24.3 Å². The van der Waals surface area contributed by atoms with E-state index < -0.39 is 10.0 Å². The number of anilines is 1. The minimum atomic E-state index is -3.81. The van der Waals surface area contributed by atoms with Gasteiger partial charge >= 0.3 is 0 Å². The Bertz CT molecular complexity index is 971. The Morgan fingerprint density at radius 2 is 1.93 bits per heavy atom. The Morgan fingerprint density at radius 3 is 2.59 bits per heavy atom. The standard InChI is InChI=1S/C22H28N2O4S/c1-4-17-6-5-13-24(15-17)22(25)21-14-20(12-7-16(21)2)29(26,27)23-18-8-10-19(28-3)11-9-18/h7-12,14,17,23H,4-6,13,15H2,1-3H3. The van der Waals surface area contributed by atoms with E-state index >= 15 is 0 Å². The summed E-state index contributed by atoms with van der Waals surface area (Å²) in [6, 6.07) is 11.3. The van der Waals surface area contributed by atoms with Crippen molar-refractivity contribution in [1.82, 2.24) is 4.90 Å². The molecule has 156 valence electrons. The van der Waals surface area contributed by atoms with Crippen LogP contribution in [0.15, 0.2) is 47.4 Å². The van der Waals surface area contributed by atoms with E-state index in [0.717, 1.165) is 37.9 Å². The van der Waals surface area contributed by atoms with Gasteiger partial charge in [-0.1, -0.05) is 19.4 Å². The van der Waals surface area contributed by atoms with Crippen LogP contribution in [0.4, 0.5) is 5.69 Å². The van der Waals surface area contributed by atoms with Crippen molar-refractivity contribution in [2.24, 2.45) is 5.92 Å². The van der Waals surface area contributed by atoms with Crippen LogP contribution in [0.5, 0.6) is 5.75 Å². The number of benzene rings is 2. The number of piperidine rings is 1. The largest absolute Gasteiger partial charge is 0.497 e. The van der Waals surface area contributed by atoms with E-state index in [4.69, 9.17) is 4.74 Å². The van der Waals surface area contributed by atoms with Crippen LogP contribution in [0.2, 0.25) is 0 Å². The number of aryl methyl sites for hydroxylation is 1. The number of nitrogens with zero attached hydrogens (tertiary/aromatic N) is 1. The summed E-state index contributed by atoms with van der Waals surface area (Å²) in [5.41, 5.74) is 1.65. The van der Waals surface area contributed by atoms with Crippen molar-refractivity contribution in [3.63, 3.8) is 0 Å². The molecule has 0 spiro atoms. The van der Waals surface area contributed by atoms with E-state index in [9.17, 15) is 13.2 Å². The minimum absolute atomic E-state index is 0.0753. The average Bonchev–Trinajstić information content (AvgIpc) is 2.73. The van der Waals surface area contributed by atoms with Crippen molar-refractivity contribution in [1.29, 1.82) is 0 Å². The molecule has 6 nitrogen and oxygen atoms in total. The van der Waals surface area contributed by atoms with Crippen LogP contribution >= 0.6 is 0 Å². The van der Waals surface area contributed by atoms with Gasteiger partial charge < -0.3 is 9.64 Å². The number of rotatable bonds is 6. The molecule has 1 saturated heterocycles. The number of nitrogens with one attached hydrogen (secondary N) is 1. The summed E-state index contributed by atoms with van der Waals surface area (Å²) in [7, 11) is -2.26. The van der Waals surface area contributed by atoms with Crippen LogP contribution in [0.1, 0.15) is 42.1 Å². The molecule has 0 bridgehead atoms. The Kier molecular flexibility index (Phi) is 6.47. The molecule has 0 aromatic heterocycles. The number of sulfonamides is 1. The SMILES string of the molecule is CCC1CCCN(C(=O)c2cc(S(=O)(=O)Nc3ccc(OC)cc3)ccc2C)C1. The van der Waals surface area contributed by atoms with E-state index in [0.29, 0.717) is 22.9 Å². The average molecular weight is 417 g/mol. The van der Waals surface area contributed by atoms with Gasteiger partial charge in [0.1, 0.15) is 5.75 Å². The van der Waals surface area contributed by atoms with Crippen LogP contribution in [0.3, 0.4) is 0 Å². The Balaban J connectivity index is 1.84. The van der Waals surface area contributed by atoms with Crippen molar-refractivity contribution >= 4 is 21.6 Å². The molecule has 1 aliphatic heterocycles. The number of ether oxygens (including phenoxy) is 1. The van der Waals surface area contributed by atoms with Gasteiger partial charge in [0.15, 0.2) is 0 Å². The molecule has 0 saturated carbocycles. The predicted molar refractivity (Wildman–Crippen MR) is 114 cm³/mol. The topological polar surface area (TPSA) is 75.7 Å². The normalized spacial score (nSPS) is 17.1. The fourth-order valence-electron chi connectivity index (χ4n) is 3.62. The van der Waals surface area contributed by atoms with Gasteiger partial charge in [-0.15, -0.1) is 0 Å². The van der Waals surface area contributed by atoms with Crippen LogP contribution in [0.25, 0.3) is 0 Å². The van der Waals surface area contributed by atoms with Crippen LogP contribution in [-0.2, 0) is 10.0 Å². The summed E-state index contributed by atoms with van der Waals surface area (Å²) in [6.45, 7) is 5.43. The quantitative estimate of drug-likeness (QED) is 0.770. The maximum atomic E-state index is 13.1. The number of hydrogen-bond donors (Lipinski definition) is 1. The molecule has 1 amide bonds. The molecule has 7 heteroatoms. The molecule has 1 N–H and O–H groups in total. The van der Waals surface area contributed by atoms with Gasteiger partial charge in [-0.05, 0) is 67.6 Å². The monoisotopic (exact) mass is 416 g/mol. The summed E-state index contributed by atoms with van der Waals surface area (Å²) >= 11 is 0. The second-order valence-electron chi connectivity index (χ2n) is 7.48. The lowest BCUT2D eigenvalue weighted by Gasteiger charge is -2.32. The molecule has 1 heterocycles. The van der Waals surface area contributed by atoms with Gasteiger partial charge in [-0.2, -0.15) is 0 Å². The first kappa shape index (κ1) is 21.2. The molecule has 3 rings (SSSR count). The highest BCUT2D eigenvalue weighted by atomic mass is 32.2. The molecule has 1 unspecified atom stereocenters. The van der Waals surface area contributed by atoms with Crippen LogP contribution < -0.4 is 9.46 Å². The summed E-state index contributed by atoms with van der Waals surface area (Å²) in [6.07, 6.45) is 3.17. The molecule has 0 aliphatic carbocycles. The maximum absolute atomic E-state index is 13.1. The molecular weight excluding hydrogens is 388 g/mol. The van der Waals surface area contributed by atoms with Gasteiger partial charge in [0.2, 0.25) is 0 Å². The highest BCUT2D eigenvalue weighted by Gasteiger charge is 2.26. The minimum Gasteiger partial charge on any atom is -0.497 e. The zero-order valence-electron chi connectivity index (χ0n) is 17.1. The molecule has 1 atom stereocenters. The van der Waals surface area contributed by atoms with Gasteiger partial charge in [0.05, 0.1) is 12.0 Å². The summed E-state index contributed by atoms with van der Waals surface area (Å²) in [5, 5.41) is 0. The summed E-state index contributed by atoms with van der Waals surface area (Å²) in [5.74, 6) is 1.06. The van der Waals surface area contributed by atoms with Crippen LogP contribution in [-0.4, -0.2) is 39.4 Å². The number of hydrogen-bond acceptors (Lipinski definition) is 4. The second kappa shape index (κ2) is 8.86. The highest BCUT2D eigenvalue weighted by molar-refractivity contribution is 7.92. The third-order valence-electron chi connectivity index (χ3n) is 5.48. The lowest BCUT2D eigenvalue weighted by atomic mass is 9.95. The van der Waals surface area contributed by atoms with Crippen LogP contribution in [0, 0.1) is 12.8 Å². The van der Waals surface area contributed by atoms with E-state index in [-0.39, 0.29) is 10.8 Å². The fourth-order valence-corrected chi connectivity index (χ4v) is 4.71. The lowest BCUT2D eigenvalue weighted by Crippen LogP contribution is -2.40. The van der Waals surface area contributed by atoms with E-state index in [1.807, 2.05) is 11.8 Å². The molecule has 29 heavy (non-hydrogen) atoms. The summed E-state index contributed by atoms with van der Waals surface area (Å²) < 4.78 is 33.4.